The summed E-state index contributed by atoms with van der Waals surface area (Å²) in [5.41, 5.74) is -1.13. The molecule has 110 valence electrons. The van der Waals surface area contributed by atoms with Crippen LogP contribution in [-0.2, 0) is 20.4 Å². The molecule has 1 aliphatic rings. The number of alkyl halides is 1. The third-order valence-corrected chi connectivity index (χ3v) is 5.08. The van der Waals surface area contributed by atoms with Crippen LogP contribution >= 0.6 is 11.6 Å². The van der Waals surface area contributed by atoms with Crippen molar-refractivity contribution >= 4 is 26.5 Å². The van der Waals surface area contributed by atoms with Crippen LogP contribution in [0.4, 0.5) is 8.78 Å². The first-order valence-corrected chi connectivity index (χ1v) is 7.92. The minimum Gasteiger partial charge on any atom is -0.387 e. The van der Waals surface area contributed by atoms with E-state index >= 15 is 0 Å². The van der Waals surface area contributed by atoms with E-state index in [4.69, 9.17) is 16.4 Å². The molecule has 0 N–H and O–H groups in total. The van der Waals surface area contributed by atoms with Gasteiger partial charge in [0.15, 0.2) is 20.5 Å². The molecule has 0 saturated heterocycles. The van der Waals surface area contributed by atoms with Crippen molar-refractivity contribution in [2.75, 3.05) is 5.88 Å². The molecule has 0 bridgehead atoms. The van der Waals surface area contributed by atoms with Crippen LogP contribution in [-0.4, -0.2) is 24.9 Å². The Kier molecular flexibility index (Phi) is 4.02. The fourth-order valence-electron chi connectivity index (χ4n) is 1.73. The Balaban J connectivity index is 2.23. The van der Waals surface area contributed by atoms with Crippen molar-refractivity contribution in [2.24, 2.45) is 5.16 Å². The number of halogens is 3. The molecule has 4 nitrogen and oxygen atoms in total. The van der Waals surface area contributed by atoms with E-state index in [0.717, 1.165) is 18.2 Å². The Morgan fingerprint density at radius 3 is 2.75 bits per heavy atom. The molecule has 20 heavy (non-hydrogen) atoms. The Bertz CT molecular complexity index is 663. The highest BCUT2D eigenvalue weighted by molar-refractivity contribution is 8.05. The van der Waals surface area contributed by atoms with E-state index in [0.29, 0.717) is 0 Å². The standard InChI is InChI=1S/C12H12ClF2NO3S/c1-12(7-13)5-11(16-19-12)20(17,18)6-8-4-9(14)2-3-10(8)15/h2-4H,5-7H2,1H3. The van der Waals surface area contributed by atoms with Crippen LogP contribution in [0.5, 0.6) is 0 Å². The number of nitrogens with zero attached hydrogens (tertiary/aromatic N) is 1. The molecule has 0 spiro atoms. The average molecular weight is 324 g/mol. The van der Waals surface area contributed by atoms with Gasteiger partial charge in [0, 0.05) is 12.0 Å². The molecule has 0 aliphatic carbocycles. The fourth-order valence-corrected chi connectivity index (χ4v) is 3.34. The number of hydrogen-bond acceptors (Lipinski definition) is 4. The summed E-state index contributed by atoms with van der Waals surface area (Å²) in [6, 6.07) is 2.66. The summed E-state index contributed by atoms with van der Waals surface area (Å²) in [5.74, 6) is -2.08. The Hall–Kier alpha value is -1.21. The Morgan fingerprint density at radius 1 is 1.45 bits per heavy atom. The van der Waals surface area contributed by atoms with E-state index in [-0.39, 0.29) is 22.9 Å². The molecule has 1 aliphatic heterocycles. The van der Waals surface area contributed by atoms with Crippen LogP contribution < -0.4 is 0 Å². The third kappa shape index (κ3) is 3.09. The lowest BCUT2D eigenvalue weighted by Crippen LogP contribution is -2.28. The van der Waals surface area contributed by atoms with Crippen LogP contribution in [0, 0.1) is 11.6 Å². The molecular formula is C12H12ClF2NO3S. The molecular weight excluding hydrogens is 312 g/mol. The number of benzene rings is 1. The SMILES string of the molecule is CC1(CCl)CC(S(=O)(=O)Cc2cc(F)ccc2F)=NO1. The van der Waals surface area contributed by atoms with Gasteiger partial charge in [-0.15, -0.1) is 11.6 Å². The van der Waals surface area contributed by atoms with E-state index in [1.807, 2.05) is 0 Å². The third-order valence-electron chi connectivity index (χ3n) is 2.89. The molecule has 1 unspecified atom stereocenters. The Labute approximate surface area is 120 Å². The highest BCUT2D eigenvalue weighted by Crippen LogP contribution is 2.28. The first kappa shape index (κ1) is 15.2. The molecule has 0 saturated carbocycles. The van der Waals surface area contributed by atoms with Gasteiger partial charge in [-0.05, 0) is 25.1 Å². The predicted octanol–water partition coefficient (Wildman–Crippen LogP) is 2.61. The van der Waals surface area contributed by atoms with Crippen molar-refractivity contribution in [2.45, 2.75) is 24.7 Å². The predicted molar refractivity (Wildman–Crippen MR) is 71.2 cm³/mol. The number of oxime groups is 1. The van der Waals surface area contributed by atoms with E-state index < -0.39 is 32.8 Å². The zero-order valence-electron chi connectivity index (χ0n) is 10.6. The van der Waals surface area contributed by atoms with Gasteiger partial charge in [0.1, 0.15) is 11.6 Å². The summed E-state index contributed by atoms with van der Waals surface area (Å²) < 4.78 is 50.8. The normalized spacial score (nSPS) is 22.5. The molecule has 1 atom stereocenters. The van der Waals surface area contributed by atoms with Crippen molar-refractivity contribution in [1.29, 1.82) is 0 Å². The maximum absolute atomic E-state index is 13.5. The lowest BCUT2D eigenvalue weighted by atomic mass is 10.1. The summed E-state index contributed by atoms with van der Waals surface area (Å²) in [7, 11) is -3.87. The van der Waals surface area contributed by atoms with Gasteiger partial charge in [0.25, 0.3) is 0 Å². The van der Waals surface area contributed by atoms with E-state index in [2.05, 4.69) is 5.16 Å². The second kappa shape index (κ2) is 5.29. The lowest BCUT2D eigenvalue weighted by Gasteiger charge is -2.16. The van der Waals surface area contributed by atoms with Gasteiger partial charge < -0.3 is 4.84 Å². The maximum Gasteiger partial charge on any atom is 0.199 e. The summed E-state index contributed by atoms with van der Waals surface area (Å²) in [6.45, 7) is 1.62. The van der Waals surface area contributed by atoms with Gasteiger partial charge in [0.05, 0.1) is 11.6 Å². The molecule has 2 rings (SSSR count). The number of hydrogen-bond donors (Lipinski definition) is 0. The zero-order valence-corrected chi connectivity index (χ0v) is 12.1. The number of rotatable bonds is 3. The average Bonchev–Trinajstić information content (AvgIpc) is 2.78. The zero-order chi connectivity index (χ0) is 15.0. The highest BCUT2D eigenvalue weighted by atomic mass is 35.5. The second-order valence-electron chi connectivity index (χ2n) is 4.83. The highest BCUT2D eigenvalue weighted by Gasteiger charge is 2.39. The van der Waals surface area contributed by atoms with Crippen molar-refractivity contribution in [3.8, 4) is 0 Å². The lowest BCUT2D eigenvalue weighted by molar-refractivity contribution is 0.0152. The van der Waals surface area contributed by atoms with Crippen LogP contribution in [0.15, 0.2) is 23.4 Å². The quantitative estimate of drug-likeness (QED) is 0.803. The molecule has 1 aromatic rings. The molecule has 8 heteroatoms. The van der Waals surface area contributed by atoms with Crippen molar-refractivity contribution in [3.05, 3.63) is 35.4 Å². The number of sulfone groups is 1. The first-order chi connectivity index (χ1) is 9.26. The van der Waals surface area contributed by atoms with Gasteiger partial charge in [-0.1, -0.05) is 5.16 Å². The van der Waals surface area contributed by atoms with Gasteiger partial charge in [-0.3, -0.25) is 0 Å². The van der Waals surface area contributed by atoms with Gasteiger partial charge >= 0.3 is 0 Å². The molecule has 1 aromatic carbocycles. The molecule has 0 aromatic heterocycles. The minimum atomic E-state index is -3.87. The van der Waals surface area contributed by atoms with Gasteiger partial charge in [-0.25, -0.2) is 17.2 Å². The fraction of sp³-hybridized carbons (Fsp3) is 0.417. The van der Waals surface area contributed by atoms with Crippen LogP contribution in [0.25, 0.3) is 0 Å². The Morgan fingerprint density at radius 2 is 2.15 bits per heavy atom. The first-order valence-electron chi connectivity index (χ1n) is 5.73. The van der Waals surface area contributed by atoms with Crippen LogP contribution in [0.2, 0.25) is 0 Å². The summed E-state index contributed by atoms with van der Waals surface area (Å²) in [5, 5.41) is 3.30. The van der Waals surface area contributed by atoms with Gasteiger partial charge in [0.2, 0.25) is 0 Å². The van der Waals surface area contributed by atoms with Crippen LogP contribution in [0.1, 0.15) is 18.9 Å². The summed E-state index contributed by atoms with van der Waals surface area (Å²) in [6.07, 6.45) is 0.00969. The van der Waals surface area contributed by atoms with E-state index in [9.17, 15) is 17.2 Å². The van der Waals surface area contributed by atoms with Crippen molar-refractivity contribution < 1.29 is 22.0 Å². The van der Waals surface area contributed by atoms with Crippen LogP contribution in [0.3, 0.4) is 0 Å². The smallest absolute Gasteiger partial charge is 0.199 e. The largest absolute Gasteiger partial charge is 0.387 e. The molecule has 0 fully saturated rings. The summed E-state index contributed by atoms with van der Waals surface area (Å²) in [4.78, 5) is 4.99. The van der Waals surface area contributed by atoms with Crippen molar-refractivity contribution in [3.63, 3.8) is 0 Å². The maximum atomic E-state index is 13.5. The second-order valence-corrected chi connectivity index (χ2v) is 7.09. The van der Waals surface area contributed by atoms with Gasteiger partial charge in [-0.2, -0.15) is 0 Å². The molecule has 0 amide bonds. The van der Waals surface area contributed by atoms with Crippen molar-refractivity contribution in [1.82, 2.24) is 0 Å². The van der Waals surface area contributed by atoms with E-state index in [1.165, 1.54) is 0 Å². The molecule has 1 heterocycles. The van der Waals surface area contributed by atoms with E-state index in [1.54, 1.807) is 6.92 Å². The monoisotopic (exact) mass is 323 g/mol. The summed E-state index contributed by atoms with van der Waals surface area (Å²) >= 11 is 5.67. The molecule has 0 radical (unpaired) electrons. The minimum absolute atomic E-state index is 0.00969. The topological polar surface area (TPSA) is 55.7 Å².